The van der Waals surface area contributed by atoms with Crippen molar-refractivity contribution in [3.8, 4) is 0 Å². The van der Waals surface area contributed by atoms with Gasteiger partial charge in [-0.2, -0.15) is 0 Å². The second-order valence-electron chi connectivity index (χ2n) is 5.27. The summed E-state index contributed by atoms with van der Waals surface area (Å²) in [6.45, 7) is 6.49. The maximum absolute atomic E-state index is 5.80. The van der Waals surface area contributed by atoms with Crippen molar-refractivity contribution in [3.05, 3.63) is 52.7 Å². The first-order chi connectivity index (χ1) is 9.58. The first kappa shape index (κ1) is 14.8. The molecule has 0 unspecified atom stereocenters. The zero-order valence-electron chi connectivity index (χ0n) is 12.7. The normalized spacial score (nSPS) is 11.2. The highest BCUT2D eigenvalue weighted by molar-refractivity contribution is 5.20. The van der Waals surface area contributed by atoms with Gasteiger partial charge in [0.1, 0.15) is 11.5 Å². The third-order valence-corrected chi connectivity index (χ3v) is 3.24. The lowest BCUT2D eigenvalue weighted by Gasteiger charge is -2.14. The average molecular weight is 273 g/mol. The molecule has 20 heavy (non-hydrogen) atoms. The first-order valence-electron chi connectivity index (χ1n) is 6.92. The topological polar surface area (TPSA) is 41.3 Å². The van der Waals surface area contributed by atoms with Crippen LogP contribution in [0.25, 0.3) is 0 Å². The fourth-order valence-electron chi connectivity index (χ4n) is 2.32. The number of furan rings is 1. The second-order valence-corrected chi connectivity index (χ2v) is 5.27. The number of aryl methyl sites for hydroxylation is 2. The summed E-state index contributed by atoms with van der Waals surface area (Å²) in [6.07, 6.45) is 0. The highest BCUT2D eigenvalue weighted by atomic mass is 16.3. The van der Waals surface area contributed by atoms with Gasteiger partial charge < -0.3 is 9.73 Å². The number of aromatic nitrogens is 1. The molecule has 2 aromatic heterocycles. The molecule has 2 heterocycles. The number of hydrogen-bond donors (Lipinski definition) is 1. The summed E-state index contributed by atoms with van der Waals surface area (Å²) in [6, 6.07) is 8.26. The third-order valence-electron chi connectivity index (χ3n) is 3.24. The van der Waals surface area contributed by atoms with E-state index in [2.05, 4.69) is 34.4 Å². The van der Waals surface area contributed by atoms with Crippen molar-refractivity contribution in [2.45, 2.75) is 33.5 Å². The van der Waals surface area contributed by atoms with Gasteiger partial charge in [0.25, 0.3) is 0 Å². The molecule has 0 amide bonds. The highest BCUT2D eigenvalue weighted by Gasteiger charge is 2.09. The van der Waals surface area contributed by atoms with Gasteiger partial charge in [-0.1, -0.05) is 6.07 Å². The van der Waals surface area contributed by atoms with Crippen LogP contribution in [0.3, 0.4) is 0 Å². The standard InChI is InChI=1S/C16H23N3O/c1-12-6-5-7-15(18-12)10-19(4)11-16-8-14(9-17-3)13(2)20-16/h5-8,17H,9-11H2,1-4H3. The Kier molecular flexibility index (Phi) is 4.93. The van der Waals surface area contributed by atoms with Gasteiger partial charge in [0.2, 0.25) is 0 Å². The van der Waals surface area contributed by atoms with E-state index in [-0.39, 0.29) is 0 Å². The summed E-state index contributed by atoms with van der Waals surface area (Å²) in [4.78, 5) is 6.74. The first-order valence-corrected chi connectivity index (χ1v) is 6.92. The van der Waals surface area contributed by atoms with E-state index >= 15 is 0 Å². The number of rotatable bonds is 6. The van der Waals surface area contributed by atoms with Crippen molar-refractivity contribution >= 4 is 0 Å². The molecule has 0 aliphatic carbocycles. The monoisotopic (exact) mass is 273 g/mol. The van der Waals surface area contributed by atoms with Gasteiger partial charge in [0.15, 0.2) is 0 Å². The molecule has 4 heteroatoms. The van der Waals surface area contributed by atoms with Crippen molar-refractivity contribution < 1.29 is 4.42 Å². The molecule has 0 aliphatic rings. The fourth-order valence-corrected chi connectivity index (χ4v) is 2.32. The predicted molar refractivity (Wildman–Crippen MR) is 80.4 cm³/mol. The van der Waals surface area contributed by atoms with Crippen LogP contribution in [-0.4, -0.2) is 24.0 Å². The summed E-state index contributed by atoms with van der Waals surface area (Å²) < 4.78 is 5.80. The van der Waals surface area contributed by atoms with Gasteiger partial charge >= 0.3 is 0 Å². The molecule has 0 fully saturated rings. The minimum Gasteiger partial charge on any atom is -0.465 e. The molecule has 0 saturated carbocycles. The molecular weight excluding hydrogens is 250 g/mol. The quantitative estimate of drug-likeness (QED) is 0.878. The average Bonchev–Trinajstić information content (AvgIpc) is 2.70. The molecule has 0 bridgehead atoms. The van der Waals surface area contributed by atoms with Crippen LogP contribution >= 0.6 is 0 Å². The van der Waals surface area contributed by atoms with Crippen LogP contribution in [0.2, 0.25) is 0 Å². The minimum atomic E-state index is 0.792. The third kappa shape index (κ3) is 3.92. The van der Waals surface area contributed by atoms with Gasteiger partial charge in [0.05, 0.1) is 12.2 Å². The van der Waals surface area contributed by atoms with Crippen LogP contribution in [0.1, 0.15) is 28.5 Å². The lowest BCUT2D eigenvalue weighted by Crippen LogP contribution is -2.17. The number of pyridine rings is 1. The lowest BCUT2D eigenvalue weighted by molar-refractivity contribution is 0.282. The molecule has 1 N–H and O–H groups in total. The fraction of sp³-hybridized carbons (Fsp3) is 0.438. The van der Waals surface area contributed by atoms with Gasteiger partial charge in [-0.05, 0) is 46.1 Å². The molecule has 0 aliphatic heterocycles. The summed E-state index contributed by atoms with van der Waals surface area (Å²) in [7, 11) is 4.03. The molecule has 2 rings (SSSR count). The Morgan fingerprint density at radius 1 is 1.25 bits per heavy atom. The van der Waals surface area contributed by atoms with Crippen LogP contribution in [-0.2, 0) is 19.6 Å². The smallest absolute Gasteiger partial charge is 0.118 e. The highest BCUT2D eigenvalue weighted by Crippen LogP contribution is 2.16. The molecule has 0 saturated heterocycles. The maximum atomic E-state index is 5.80. The lowest BCUT2D eigenvalue weighted by atomic mass is 10.2. The van der Waals surface area contributed by atoms with Crippen molar-refractivity contribution in [1.29, 1.82) is 0 Å². The SMILES string of the molecule is CNCc1cc(CN(C)Cc2cccc(C)n2)oc1C. The number of nitrogens with zero attached hydrogens (tertiary/aromatic N) is 2. The summed E-state index contributed by atoms with van der Waals surface area (Å²) in [5.74, 6) is 2.00. The molecule has 108 valence electrons. The molecule has 2 aromatic rings. The van der Waals surface area contributed by atoms with Gasteiger partial charge in [-0.15, -0.1) is 0 Å². The molecule has 0 radical (unpaired) electrons. The van der Waals surface area contributed by atoms with Crippen LogP contribution in [0.4, 0.5) is 0 Å². The van der Waals surface area contributed by atoms with Crippen LogP contribution in [0, 0.1) is 13.8 Å². The Labute approximate surface area is 120 Å². The molecule has 4 nitrogen and oxygen atoms in total. The second kappa shape index (κ2) is 6.68. The van der Waals surface area contributed by atoms with Gasteiger partial charge in [0, 0.05) is 24.3 Å². The van der Waals surface area contributed by atoms with E-state index in [9.17, 15) is 0 Å². The van der Waals surface area contributed by atoms with Crippen molar-refractivity contribution in [3.63, 3.8) is 0 Å². The summed E-state index contributed by atoms with van der Waals surface area (Å²) in [5.41, 5.74) is 3.37. The Balaban J connectivity index is 1.97. The zero-order valence-corrected chi connectivity index (χ0v) is 12.7. The molecule has 0 atom stereocenters. The summed E-state index contributed by atoms with van der Waals surface area (Å²) in [5, 5.41) is 3.15. The summed E-state index contributed by atoms with van der Waals surface area (Å²) >= 11 is 0. The van der Waals surface area contributed by atoms with Crippen molar-refractivity contribution in [2.24, 2.45) is 0 Å². The Morgan fingerprint density at radius 3 is 2.75 bits per heavy atom. The van der Waals surface area contributed by atoms with E-state index in [0.717, 1.165) is 42.5 Å². The van der Waals surface area contributed by atoms with Crippen LogP contribution < -0.4 is 5.32 Å². The van der Waals surface area contributed by atoms with Gasteiger partial charge in [-0.3, -0.25) is 9.88 Å². The van der Waals surface area contributed by atoms with E-state index in [1.165, 1.54) is 5.56 Å². The van der Waals surface area contributed by atoms with E-state index in [4.69, 9.17) is 4.42 Å². The van der Waals surface area contributed by atoms with E-state index in [0.29, 0.717) is 0 Å². The number of nitrogens with one attached hydrogen (secondary N) is 1. The van der Waals surface area contributed by atoms with Crippen molar-refractivity contribution in [1.82, 2.24) is 15.2 Å². The molecule has 0 spiro atoms. The Hall–Kier alpha value is -1.65. The number of hydrogen-bond acceptors (Lipinski definition) is 4. The largest absolute Gasteiger partial charge is 0.465 e. The maximum Gasteiger partial charge on any atom is 0.118 e. The van der Waals surface area contributed by atoms with Crippen molar-refractivity contribution in [2.75, 3.05) is 14.1 Å². The Bertz CT molecular complexity index is 563. The Morgan fingerprint density at radius 2 is 2.05 bits per heavy atom. The van der Waals surface area contributed by atoms with Crippen LogP contribution in [0.15, 0.2) is 28.7 Å². The van der Waals surface area contributed by atoms with E-state index in [1.54, 1.807) is 0 Å². The minimum absolute atomic E-state index is 0.792. The van der Waals surface area contributed by atoms with E-state index < -0.39 is 0 Å². The van der Waals surface area contributed by atoms with Gasteiger partial charge in [-0.25, -0.2) is 0 Å². The zero-order chi connectivity index (χ0) is 14.5. The van der Waals surface area contributed by atoms with Crippen LogP contribution in [0.5, 0.6) is 0 Å². The van der Waals surface area contributed by atoms with E-state index in [1.807, 2.05) is 33.0 Å². The molecule has 0 aromatic carbocycles. The predicted octanol–water partition coefficient (Wildman–Crippen LogP) is 2.64. The molecular formula is C16H23N3O.